The number of aryl methyl sites for hydroxylation is 2. The molecule has 0 radical (unpaired) electrons. The van der Waals surface area contributed by atoms with Crippen molar-refractivity contribution < 1.29 is 5.11 Å². The number of hydrogen-bond donors (Lipinski definition) is 2. The fourth-order valence-electron chi connectivity index (χ4n) is 1.96. The first-order valence-electron chi connectivity index (χ1n) is 6.29. The van der Waals surface area contributed by atoms with Crippen molar-refractivity contribution in [1.29, 1.82) is 0 Å². The Balaban J connectivity index is 2.17. The van der Waals surface area contributed by atoms with Crippen LogP contribution in [0.5, 0.6) is 5.75 Å². The first-order chi connectivity index (χ1) is 8.97. The fourth-order valence-corrected chi connectivity index (χ4v) is 2.14. The Morgan fingerprint density at radius 2 is 1.79 bits per heavy atom. The molecule has 100 valence electrons. The second-order valence-corrected chi connectivity index (χ2v) is 5.28. The summed E-state index contributed by atoms with van der Waals surface area (Å²) in [5.41, 5.74) is 4.71. The smallest absolute Gasteiger partial charge is 0.134 e. The molecule has 0 spiro atoms. The van der Waals surface area contributed by atoms with Crippen molar-refractivity contribution in [2.75, 3.05) is 5.32 Å². The minimum atomic E-state index is 0.103. The van der Waals surface area contributed by atoms with Crippen LogP contribution in [0.25, 0.3) is 0 Å². The van der Waals surface area contributed by atoms with Crippen LogP contribution in [0.3, 0.4) is 0 Å². The van der Waals surface area contributed by atoms with E-state index in [0.29, 0.717) is 5.02 Å². The standard InChI is InChI=1S/C16H18ClNO/c1-10-4-5-13(8-11(10)2)12(3)18-14-6-7-16(19)15(17)9-14/h4-9,12,18-19H,1-3H3. The quantitative estimate of drug-likeness (QED) is 0.786. The maximum Gasteiger partial charge on any atom is 0.134 e. The van der Waals surface area contributed by atoms with E-state index >= 15 is 0 Å². The molecule has 0 saturated carbocycles. The molecule has 2 rings (SSSR count). The monoisotopic (exact) mass is 275 g/mol. The molecule has 2 aromatic rings. The zero-order valence-electron chi connectivity index (χ0n) is 11.4. The van der Waals surface area contributed by atoms with Gasteiger partial charge in [-0.2, -0.15) is 0 Å². The molecule has 1 unspecified atom stereocenters. The Kier molecular flexibility index (Phi) is 4.01. The van der Waals surface area contributed by atoms with Crippen molar-refractivity contribution >= 4 is 17.3 Å². The zero-order chi connectivity index (χ0) is 14.0. The van der Waals surface area contributed by atoms with Gasteiger partial charge in [-0.05, 0) is 55.7 Å². The van der Waals surface area contributed by atoms with Crippen LogP contribution in [-0.4, -0.2) is 5.11 Å². The van der Waals surface area contributed by atoms with E-state index in [1.54, 1.807) is 12.1 Å². The number of anilines is 1. The number of halogens is 1. The largest absolute Gasteiger partial charge is 0.506 e. The summed E-state index contributed by atoms with van der Waals surface area (Å²) in [6, 6.07) is 11.8. The molecule has 0 aliphatic rings. The zero-order valence-corrected chi connectivity index (χ0v) is 12.1. The Bertz CT molecular complexity index is 595. The fraction of sp³-hybridized carbons (Fsp3) is 0.250. The van der Waals surface area contributed by atoms with Crippen LogP contribution in [0.15, 0.2) is 36.4 Å². The molecule has 0 aromatic heterocycles. The van der Waals surface area contributed by atoms with Gasteiger partial charge in [-0.1, -0.05) is 29.8 Å². The van der Waals surface area contributed by atoms with Crippen LogP contribution in [-0.2, 0) is 0 Å². The number of phenolic OH excluding ortho intramolecular Hbond substituents is 1. The van der Waals surface area contributed by atoms with Crippen LogP contribution in [0.4, 0.5) is 5.69 Å². The third-order valence-electron chi connectivity index (χ3n) is 3.36. The molecule has 0 aliphatic heterocycles. The number of rotatable bonds is 3. The Hall–Kier alpha value is -1.67. The maximum atomic E-state index is 9.40. The lowest BCUT2D eigenvalue weighted by atomic mass is 10.0. The highest BCUT2D eigenvalue weighted by Gasteiger charge is 2.07. The van der Waals surface area contributed by atoms with Gasteiger partial charge in [0.1, 0.15) is 5.75 Å². The Morgan fingerprint density at radius 1 is 1.05 bits per heavy atom. The van der Waals surface area contributed by atoms with Gasteiger partial charge >= 0.3 is 0 Å². The molecule has 2 N–H and O–H groups in total. The van der Waals surface area contributed by atoms with Gasteiger partial charge in [-0.3, -0.25) is 0 Å². The Morgan fingerprint density at radius 3 is 2.42 bits per heavy atom. The molecule has 0 amide bonds. The molecule has 2 nitrogen and oxygen atoms in total. The van der Waals surface area contributed by atoms with Gasteiger partial charge in [0.05, 0.1) is 5.02 Å². The third kappa shape index (κ3) is 3.21. The minimum absolute atomic E-state index is 0.103. The predicted octanol–water partition coefficient (Wildman–Crippen LogP) is 4.84. The molecule has 0 saturated heterocycles. The average molecular weight is 276 g/mol. The second-order valence-electron chi connectivity index (χ2n) is 4.88. The number of benzene rings is 2. The van der Waals surface area contributed by atoms with E-state index < -0.39 is 0 Å². The van der Waals surface area contributed by atoms with E-state index in [-0.39, 0.29) is 11.8 Å². The van der Waals surface area contributed by atoms with Crippen molar-refractivity contribution in [2.45, 2.75) is 26.8 Å². The summed E-state index contributed by atoms with van der Waals surface area (Å²) in [6.45, 7) is 6.32. The molecule has 0 heterocycles. The molecule has 0 aliphatic carbocycles. The molecule has 19 heavy (non-hydrogen) atoms. The van der Waals surface area contributed by atoms with E-state index in [1.807, 2.05) is 6.07 Å². The predicted molar refractivity (Wildman–Crippen MR) is 81.1 cm³/mol. The molecule has 2 aromatic carbocycles. The van der Waals surface area contributed by atoms with Crippen LogP contribution in [0.2, 0.25) is 5.02 Å². The van der Waals surface area contributed by atoms with Gasteiger partial charge in [0.15, 0.2) is 0 Å². The number of phenols is 1. The van der Waals surface area contributed by atoms with E-state index in [1.165, 1.54) is 16.7 Å². The molecule has 1 atom stereocenters. The van der Waals surface area contributed by atoms with E-state index in [4.69, 9.17) is 11.6 Å². The molecule has 0 fully saturated rings. The third-order valence-corrected chi connectivity index (χ3v) is 3.66. The summed E-state index contributed by atoms with van der Waals surface area (Å²) in [6.07, 6.45) is 0. The average Bonchev–Trinajstić information content (AvgIpc) is 2.37. The normalized spacial score (nSPS) is 12.2. The van der Waals surface area contributed by atoms with Gasteiger partial charge in [0.25, 0.3) is 0 Å². The van der Waals surface area contributed by atoms with Gasteiger partial charge in [-0.25, -0.2) is 0 Å². The van der Waals surface area contributed by atoms with Crippen molar-refractivity contribution in [1.82, 2.24) is 0 Å². The van der Waals surface area contributed by atoms with Crippen molar-refractivity contribution in [2.24, 2.45) is 0 Å². The van der Waals surface area contributed by atoms with Crippen LogP contribution in [0.1, 0.15) is 29.7 Å². The maximum absolute atomic E-state index is 9.40. The van der Waals surface area contributed by atoms with Crippen molar-refractivity contribution in [3.8, 4) is 5.75 Å². The molecule has 0 bridgehead atoms. The summed E-state index contributed by atoms with van der Waals surface area (Å²) >= 11 is 5.90. The van der Waals surface area contributed by atoms with E-state index in [2.05, 4.69) is 44.3 Å². The number of aromatic hydroxyl groups is 1. The topological polar surface area (TPSA) is 32.3 Å². The lowest BCUT2D eigenvalue weighted by molar-refractivity contribution is 0.475. The van der Waals surface area contributed by atoms with E-state index in [0.717, 1.165) is 5.69 Å². The number of hydrogen-bond acceptors (Lipinski definition) is 2. The van der Waals surface area contributed by atoms with Gasteiger partial charge in [-0.15, -0.1) is 0 Å². The van der Waals surface area contributed by atoms with Gasteiger partial charge < -0.3 is 10.4 Å². The van der Waals surface area contributed by atoms with Crippen LogP contribution in [0, 0.1) is 13.8 Å². The Labute approximate surface area is 119 Å². The summed E-state index contributed by atoms with van der Waals surface area (Å²) in [5.74, 6) is 0.103. The second kappa shape index (κ2) is 5.54. The summed E-state index contributed by atoms with van der Waals surface area (Å²) in [4.78, 5) is 0. The lowest BCUT2D eigenvalue weighted by Crippen LogP contribution is -2.07. The van der Waals surface area contributed by atoms with Gasteiger partial charge in [0, 0.05) is 11.7 Å². The highest BCUT2D eigenvalue weighted by molar-refractivity contribution is 6.32. The summed E-state index contributed by atoms with van der Waals surface area (Å²) in [7, 11) is 0. The van der Waals surface area contributed by atoms with Gasteiger partial charge in [0.2, 0.25) is 0 Å². The summed E-state index contributed by atoms with van der Waals surface area (Å²) in [5, 5.41) is 13.1. The molecular weight excluding hydrogens is 258 g/mol. The SMILES string of the molecule is Cc1ccc(C(C)Nc2ccc(O)c(Cl)c2)cc1C. The summed E-state index contributed by atoms with van der Waals surface area (Å²) < 4.78 is 0. The first kappa shape index (κ1) is 13.8. The lowest BCUT2D eigenvalue weighted by Gasteiger charge is -2.17. The minimum Gasteiger partial charge on any atom is -0.506 e. The van der Waals surface area contributed by atoms with E-state index in [9.17, 15) is 5.11 Å². The van der Waals surface area contributed by atoms with Crippen molar-refractivity contribution in [3.05, 3.63) is 58.1 Å². The molecule has 3 heteroatoms. The van der Waals surface area contributed by atoms with Crippen molar-refractivity contribution in [3.63, 3.8) is 0 Å². The van der Waals surface area contributed by atoms with Crippen LogP contribution >= 0.6 is 11.6 Å². The number of nitrogens with one attached hydrogen (secondary N) is 1. The highest BCUT2D eigenvalue weighted by Crippen LogP contribution is 2.28. The van der Waals surface area contributed by atoms with Crippen LogP contribution < -0.4 is 5.32 Å². The first-order valence-corrected chi connectivity index (χ1v) is 6.67. The molecular formula is C16H18ClNO. The highest BCUT2D eigenvalue weighted by atomic mass is 35.5.